The number of aromatic nitrogens is 3. The number of hydrogen-bond acceptors (Lipinski definition) is 3. The Morgan fingerprint density at radius 3 is 2.88 bits per heavy atom. The number of oxazole rings is 1. The number of nitrogens with one attached hydrogen (secondary N) is 1. The fraction of sp³-hybridized carbons (Fsp3) is 0.455. The summed E-state index contributed by atoms with van der Waals surface area (Å²) in [6.07, 6.45) is 5.52. The van der Waals surface area contributed by atoms with Gasteiger partial charge in [0.25, 0.3) is 0 Å². The van der Waals surface area contributed by atoms with Gasteiger partial charge in [-0.1, -0.05) is 13.8 Å². The second-order valence-electron chi connectivity index (χ2n) is 3.60. The average molecular weight is 237 g/mol. The maximum absolute atomic E-state index is 5.57. The molecule has 2 aromatic rings. The third kappa shape index (κ3) is 2.09. The molecule has 0 saturated carbocycles. The van der Waals surface area contributed by atoms with Crippen molar-refractivity contribution in [3.63, 3.8) is 0 Å². The summed E-state index contributed by atoms with van der Waals surface area (Å²) in [5.74, 6) is 1.62. The zero-order chi connectivity index (χ0) is 11.5. The average Bonchev–Trinajstić information content (AvgIpc) is 2.88. The number of imidazole rings is 1. The van der Waals surface area contributed by atoms with Gasteiger partial charge < -0.3 is 14.0 Å². The molecule has 2 rings (SSSR count). The van der Waals surface area contributed by atoms with E-state index in [4.69, 9.17) is 16.6 Å². The van der Waals surface area contributed by atoms with Crippen LogP contribution in [0.3, 0.4) is 0 Å². The van der Waals surface area contributed by atoms with Crippen molar-refractivity contribution in [2.75, 3.05) is 0 Å². The Kier molecular flexibility index (Phi) is 3.24. The molecule has 0 unspecified atom stereocenters. The van der Waals surface area contributed by atoms with E-state index in [1.54, 1.807) is 6.20 Å². The molecule has 5 heteroatoms. The molecule has 0 amide bonds. The second-order valence-corrected chi connectivity index (χ2v) is 3.99. The van der Waals surface area contributed by atoms with Crippen LogP contribution in [0.2, 0.25) is 0 Å². The molecule has 0 bridgehead atoms. The van der Waals surface area contributed by atoms with Gasteiger partial charge in [0.1, 0.15) is 12.3 Å². The smallest absolute Gasteiger partial charge is 0.214 e. The van der Waals surface area contributed by atoms with Gasteiger partial charge in [0.2, 0.25) is 5.89 Å². The molecule has 2 aromatic heterocycles. The summed E-state index contributed by atoms with van der Waals surface area (Å²) in [6, 6.07) is 0. The van der Waals surface area contributed by atoms with E-state index in [0.717, 1.165) is 18.6 Å². The molecule has 0 fully saturated rings. The second kappa shape index (κ2) is 4.65. The van der Waals surface area contributed by atoms with Crippen LogP contribution in [-0.4, -0.2) is 14.5 Å². The normalized spacial score (nSPS) is 10.9. The molecule has 0 spiro atoms. The van der Waals surface area contributed by atoms with Crippen LogP contribution in [0.15, 0.2) is 16.8 Å². The Hall–Kier alpha value is -1.36. The van der Waals surface area contributed by atoms with E-state index in [9.17, 15) is 0 Å². The molecule has 0 aliphatic heterocycles. The van der Waals surface area contributed by atoms with Crippen molar-refractivity contribution < 1.29 is 4.42 Å². The summed E-state index contributed by atoms with van der Waals surface area (Å²) < 4.78 is 8.30. The van der Waals surface area contributed by atoms with Gasteiger partial charge in [-0.2, -0.15) is 0 Å². The first kappa shape index (κ1) is 11.1. The first-order valence-electron chi connectivity index (χ1n) is 5.45. The van der Waals surface area contributed by atoms with Crippen LogP contribution in [0.5, 0.6) is 0 Å². The Labute approximate surface area is 99.3 Å². The first-order chi connectivity index (χ1) is 7.74. The van der Waals surface area contributed by atoms with Gasteiger partial charge in [-0.05, 0) is 18.6 Å². The number of aryl methyl sites for hydroxylation is 2. The molecule has 0 aromatic carbocycles. The third-order valence-electron chi connectivity index (χ3n) is 2.56. The van der Waals surface area contributed by atoms with Crippen LogP contribution in [0.4, 0.5) is 0 Å². The minimum atomic E-state index is 0.603. The molecule has 0 saturated heterocycles. The number of H-pyrrole nitrogens is 1. The van der Waals surface area contributed by atoms with Crippen molar-refractivity contribution in [2.45, 2.75) is 33.2 Å². The molecule has 1 N–H and O–H groups in total. The Morgan fingerprint density at radius 1 is 1.44 bits per heavy atom. The molecule has 86 valence electrons. The highest BCUT2D eigenvalue weighted by Gasteiger charge is 2.07. The first-order valence-corrected chi connectivity index (χ1v) is 5.86. The van der Waals surface area contributed by atoms with Crippen molar-refractivity contribution in [1.29, 1.82) is 0 Å². The lowest BCUT2D eigenvalue weighted by Gasteiger charge is -2.03. The lowest BCUT2D eigenvalue weighted by molar-refractivity contribution is 0.443. The summed E-state index contributed by atoms with van der Waals surface area (Å²) in [5.41, 5.74) is 1.17. The quantitative estimate of drug-likeness (QED) is 0.832. The maximum Gasteiger partial charge on any atom is 0.214 e. The van der Waals surface area contributed by atoms with Gasteiger partial charge in [-0.3, -0.25) is 0 Å². The molecule has 0 aliphatic carbocycles. The molecule has 4 nitrogen and oxygen atoms in total. The minimum Gasteiger partial charge on any atom is -0.444 e. The van der Waals surface area contributed by atoms with Gasteiger partial charge in [0.05, 0.1) is 6.20 Å². The van der Waals surface area contributed by atoms with E-state index < -0.39 is 0 Å². The highest BCUT2D eigenvalue weighted by atomic mass is 32.1. The van der Waals surface area contributed by atoms with E-state index in [1.807, 2.05) is 17.7 Å². The van der Waals surface area contributed by atoms with Gasteiger partial charge in [0.15, 0.2) is 4.77 Å². The van der Waals surface area contributed by atoms with Gasteiger partial charge in [-0.15, -0.1) is 0 Å². The molecule has 16 heavy (non-hydrogen) atoms. The van der Waals surface area contributed by atoms with Crippen molar-refractivity contribution in [3.8, 4) is 0 Å². The fourth-order valence-electron chi connectivity index (χ4n) is 1.62. The van der Waals surface area contributed by atoms with Crippen LogP contribution in [0.1, 0.15) is 31.2 Å². The summed E-state index contributed by atoms with van der Waals surface area (Å²) in [5, 5.41) is 0. The van der Waals surface area contributed by atoms with Crippen molar-refractivity contribution in [1.82, 2.24) is 14.5 Å². The van der Waals surface area contributed by atoms with Gasteiger partial charge in [0, 0.05) is 18.3 Å². The van der Waals surface area contributed by atoms with Gasteiger partial charge >= 0.3 is 0 Å². The Morgan fingerprint density at radius 2 is 2.25 bits per heavy atom. The molecular formula is C11H15N3OS. The predicted molar refractivity (Wildman–Crippen MR) is 64.0 cm³/mol. The number of aromatic amines is 1. The number of rotatable bonds is 4. The Balaban J connectivity index is 2.26. The summed E-state index contributed by atoms with van der Waals surface area (Å²) in [7, 11) is 0. The third-order valence-corrected chi connectivity index (χ3v) is 2.90. The zero-order valence-corrected chi connectivity index (χ0v) is 10.3. The lowest BCUT2D eigenvalue weighted by atomic mass is 10.3. The zero-order valence-electron chi connectivity index (χ0n) is 9.49. The van der Waals surface area contributed by atoms with E-state index in [2.05, 4.69) is 16.9 Å². The topological polar surface area (TPSA) is 46.8 Å². The fourth-order valence-corrected chi connectivity index (χ4v) is 1.86. The van der Waals surface area contributed by atoms with Crippen LogP contribution >= 0.6 is 12.2 Å². The summed E-state index contributed by atoms with van der Waals surface area (Å²) >= 11 is 5.21. The molecule has 0 aliphatic rings. The lowest BCUT2D eigenvalue weighted by Crippen LogP contribution is -2.03. The van der Waals surface area contributed by atoms with Gasteiger partial charge in [-0.25, -0.2) is 4.98 Å². The molecular weight excluding hydrogens is 222 g/mol. The highest BCUT2D eigenvalue weighted by molar-refractivity contribution is 7.71. The molecule has 0 radical (unpaired) electrons. The summed E-state index contributed by atoms with van der Waals surface area (Å²) in [4.78, 5) is 7.27. The molecule has 2 heterocycles. The van der Waals surface area contributed by atoms with E-state index in [-0.39, 0.29) is 0 Å². The SMILES string of the molecule is CCc1cnc(Cn2c(CC)c[nH]c2=S)o1. The number of hydrogen-bond donors (Lipinski definition) is 1. The largest absolute Gasteiger partial charge is 0.444 e. The monoisotopic (exact) mass is 237 g/mol. The van der Waals surface area contributed by atoms with Crippen molar-refractivity contribution in [3.05, 3.63) is 34.5 Å². The minimum absolute atomic E-state index is 0.603. The van der Waals surface area contributed by atoms with Crippen LogP contribution in [-0.2, 0) is 19.4 Å². The summed E-state index contributed by atoms with van der Waals surface area (Å²) in [6.45, 7) is 4.75. The van der Waals surface area contributed by atoms with Crippen LogP contribution < -0.4 is 0 Å². The predicted octanol–water partition coefficient (Wildman–Crippen LogP) is 2.71. The maximum atomic E-state index is 5.57. The standard InChI is InChI=1S/C11H15N3OS/c1-3-8-5-13-11(16)14(8)7-10-12-6-9(4-2)15-10/h5-6H,3-4,7H2,1-2H3,(H,13,16). The van der Waals surface area contributed by atoms with E-state index in [1.165, 1.54) is 5.69 Å². The van der Waals surface area contributed by atoms with Crippen molar-refractivity contribution in [2.24, 2.45) is 0 Å². The highest BCUT2D eigenvalue weighted by Crippen LogP contribution is 2.09. The van der Waals surface area contributed by atoms with Crippen LogP contribution in [0.25, 0.3) is 0 Å². The molecule has 0 atom stereocenters. The Bertz CT molecular complexity index is 523. The van der Waals surface area contributed by atoms with E-state index in [0.29, 0.717) is 17.2 Å². The number of nitrogens with zero attached hydrogens (tertiary/aromatic N) is 2. The van der Waals surface area contributed by atoms with E-state index >= 15 is 0 Å². The van der Waals surface area contributed by atoms with Crippen molar-refractivity contribution >= 4 is 12.2 Å². The van der Waals surface area contributed by atoms with Crippen LogP contribution in [0, 0.1) is 4.77 Å².